The van der Waals surface area contributed by atoms with Gasteiger partial charge in [0, 0.05) is 4.47 Å². The van der Waals surface area contributed by atoms with Crippen molar-refractivity contribution in [1.29, 1.82) is 0 Å². The Morgan fingerprint density at radius 2 is 2.14 bits per heavy atom. The van der Waals surface area contributed by atoms with Crippen molar-refractivity contribution < 1.29 is 9.90 Å². The number of aromatic nitrogens is 4. The van der Waals surface area contributed by atoms with E-state index in [1.165, 1.54) is 11.3 Å². The number of tetrazole rings is 1. The Balaban J connectivity index is 2.48. The molecule has 0 bridgehead atoms. The van der Waals surface area contributed by atoms with Gasteiger partial charge in [-0.05, 0) is 53.8 Å². The zero-order valence-corrected chi connectivity index (χ0v) is 15.7. The molecule has 0 aromatic carbocycles. The number of nitrogens with zero attached hydrogens (tertiary/aromatic N) is 4. The van der Waals surface area contributed by atoms with E-state index in [1.807, 2.05) is 26.8 Å². The molecule has 0 radical (unpaired) electrons. The van der Waals surface area contributed by atoms with Crippen molar-refractivity contribution in [1.82, 2.24) is 20.2 Å². The molecule has 9 heteroatoms. The van der Waals surface area contributed by atoms with Crippen LogP contribution in [-0.2, 0) is 4.79 Å². The third-order valence-electron chi connectivity index (χ3n) is 3.02. The van der Waals surface area contributed by atoms with Crippen molar-refractivity contribution >= 4 is 49.2 Å². The van der Waals surface area contributed by atoms with Crippen LogP contribution in [0.5, 0.6) is 0 Å². The van der Waals surface area contributed by atoms with E-state index in [9.17, 15) is 4.79 Å². The normalized spacial score (nSPS) is 13.4. The topological polar surface area (TPSA) is 80.9 Å². The second kappa shape index (κ2) is 6.13. The molecule has 2 heterocycles. The summed E-state index contributed by atoms with van der Waals surface area (Å²) >= 11 is 8.37. The SMILES string of the molecule is CC(C)(C)C(CC(=O)O)n1nnnc1-c1cc(Br)c(Br)s1. The molecule has 0 fully saturated rings. The molecule has 1 atom stereocenters. The Morgan fingerprint density at radius 1 is 1.48 bits per heavy atom. The largest absolute Gasteiger partial charge is 0.481 e. The number of hydrogen-bond donors (Lipinski definition) is 1. The maximum absolute atomic E-state index is 11.2. The molecule has 0 aliphatic rings. The van der Waals surface area contributed by atoms with Gasteiger partial charge >= 0.3 is 5.97 Å². The molecule has 0 aliphatic carbocycles. The van der Waals surface area contributed by atoms with Crippen molar-refractivity contribution in [2.45, 2.75) is 33.2 Å². The summed E-state index contributed by atoms with van der Waals surface area (Å²) in [5.74, 6) is -0.294. The Kier molecular flexibility index (Phi) is 4.84. The molecule has 21 heavy (non-hydrogen) atoms. The summed E-state index contributed by atoms with van der Waals surface area (Å²) in [6.07, 6.45) is -0.0325. The molecular weight excluding hydrogens is 424 g/mol. The van der Waals surface area contributed by atoms with Crippen molar-refractivity contribution in [3.8, 4) is 10.7 Å². The van der Waals surface area contributed by atoms with Gasteiger partial charge in [0.25, 0.3) is 0 Å². The summed E-state index contributed by atoms with van der Waals surface area (Å²) in [6, 6.07) is 1.58. The fourth-order valence-electron chi connectivity index (χ4n) is 1.95. The highest BCUT2D eigenvalue weighted by Crippen LogP contribution is 2.40. The first-order valence-electron chi connectivity index (χ1n) is 6.15. The van der Waals surface area contributed by atoms with Crippen molar-refractivity contribution in [2.75, 3.05) is 0 Å². The van der Waals surface area contributed by atoms with Crippen LogP contribution in [0, 0.1) is 5.41 Å². The van der Waals surface area contributed by atoms with E-state index >= 15 is 0 Å². The van der Waals surface area contributed by atoms with E-state index in [0.29, 0.717) is 5.82 Å². The van der Waals surface area contributed by atoms with E-state index < -0.39 is 5.97 Å². The molecule has 2 rings (SSSR count). The van der Waals surface area contributed by atoms with Crippen LogP contribution < -0.4 is 0 Å². The number of carboxylic acid groups (broad SMARTS) is 1. The van der Waals surface area contributed by atoms with Gasteiger partial charge in [-0.1, -0.05) is 20.8 Å². The van der Waals surface area contributed by atoms with E-state index in [1.54, 1.807) is 4.68 Å². The molecule has 0 aliphatic heterocycles. The second-order valence-electron chi connectivity index (χ2n) is 5.66. The van der Waals surface area contributed by atoms with Crippen molar-refractivity contribution in [2.24, 2.45) is 5.41 Å². The molecule has 6 nitrogen and oxygen atoms in total. The number of carbonyl (C=O) groups is 1. The number of thiophene rings is 1. The van der Waals surface area contributed by atoms with Crippen LogP contribution in [0.25, 0.3) is 10.7 Å². The van der Waals surface area contributed by atoms with Gasteiger partial charge in [-0.15, -0.1) is 16.4 Å². The highest BCUT2D eigenvalue weighted by molar-refractivity contribution is 9.13. The summed E-state index contributed by atoms with van der Waals surface area (Å²) in [5, 5.41) is 21.0. The van der Waals surface area contributed by atoms with Crippen molar-refractivity contribution in [3.63, 3.8) is 0 Å². The molecule has 0 spiro atoms. The number of aliphatic carboxylic acids is 1. The maximum atomic E-state index is 11.2. The summed E-state index contributed by atoms with van der Waals surface area (Å²) in [5.41, 5.74) is -0.283. The van der Waals surface area contributed by atoms with Crippen LogP contribution >= 0.6 is 43.2 Å². The Morgan fingerprint density at radius 3 is 2.62 bits per heavy atom. The lowest BCUT2D eigenvalue weighted by Gasteiger charge is -2.29. The molecule has 0 amide bonds. The van der Waals surface area contributed by atoms with Gasteiger partial charge in [0.05, 0.1) is 21.1 Å². The summed E-state index contributed by atoms with van der Waals surface area (Å²) in [4.78, 5) is 12.0. The van der Waals surface area contributed by atoms with Crippen LogP contribution in [0.1, 0.15) is 33.2 Å². The first-order chi connectivity index (χ1) is 9.70. The number of halogens is 2. The van der Waals surface area contributed by atoms with E-state index in [-0.39, 0.29) is 17.9 Å². The molecular formula is C12H14Br2N4O2S. The zero-order chi connectivity index (χ0) is 15.8. The summed E-state index contributed by atoms with van der Waals surface area (Å²) in [7, 11) is 0. The van der Waals surface area contributed by atoms with Gasteiger partial charge in [-0.3, -0.25) is 4.79 Å². The van der Waals surface area contributed by atoms with Gasteiger partial charge < -0.3 is 5.11 Å². The third-order valence-corrected chi connectivity index (χ3v) is 6.27. The highest BCUT2D eigenvalue weighted by atomic mass is 79.9. The summed E-state index contributed by atoms with van der Waals surface area (Å²) in [6.45, 7) is 5.94. The van der Waals surface area contributed by atoms with Gasteiger partial charge in [0.15, 0.2) is 5.82 Å². The second-order valence-corrected chi connectivity index (χ2v) is 8.88. The summed E-state index contributed by atoms with van der Waals surface area (Å²) < 4.78 is 3.47. The average Bonchev–Trinajstić information content (AvgIpc) is 2.92. The lowest BCUT2D eigenvalue weighted by atomic mass is 9.85. The zero-order valence-electron chi connectivity index (χ0n) is 11.7. The minimum atomic E-state index is -0.870. The van der Waals surface area contributed by atoms with Gasteiger partial charge in [0.1, 0.15) is 0 Å². The molecule has 0 saturated carbocycles. The lowest BCUT2D eigenvalue weighted by molar-refractivity contribution is -0.138. The smallest absolute Gasteiger partial charge is 0.305 e. The van der Waals surface area contributed by atoms with Crippen LogP contribution in [0.4, 0.5) is 0 Å². The Hall–Kier alpha value is -0.800. The van der Waals surface area contributed by atoms with E-state index in [4.69, 9.17) is 5.11 Å². The van der Waals surface area contributed by atoms with Crippen LogP contribution in [0.3, 0.4) is 0 Å². The number of carboxylic acids is 1. The molecule has 2 aromatic rings. The number of hydrogen-bond acceptors (Lipinski definition) is 5. The Bertz CT molecular complexity index is 643. The molecule has 114 valence electrons. The fourth-order valence-corrected chi connectivity index (χ4v) is 3.96. The first kappa shape index (κ1) is 16.6. The monoisotopic (exact) mass is 436 g/mol. The van der Waals surface area contributed by atoms with Gasteiger partial charge in [-0.2, -0.15) is 0 Å². The predicted molar refractivity (Wildman–Crippen MR) is 87.3 cm³/mol. The highest BCUT2D eigenvalue weighted by Gasteiger charge is 2.32. The van der Waals surface area contributed by atoms with Crippen molar-refractivity contribution in [3.05, 3.63) is 14.3 Å². The first-order valence-corrected chi connectivity index (χ1v) is 8.55. The standard InChI is InChI=1S/C12H14Br2N4O2S/c1-12(2,3)8(5-9(19)20)18-11(15-16-17-18)7-4-6(13)10(14)21-7/h4,8H,5H2,1-3H3,(H,19,20). The molecule has 1 unspecified atom stereocenters. The third kappa shape index (κ3) is 3.70. The quantitative estimate of drug-likeness (QED) is 0.781. The lowest BCUT2D eigenvalue weighted by Crippen LogP contribution is -2.28. The molecule has 1 N–H and O–H groups in total. The van der Waals surface area contributed by atoms with Crippen LogP contribution in [0.2, 0.25) is 0 Å². The molecule has 2 aromatic heterocycles. The number of rotatable bonds is 4. The Labute approximate surface area is 142 Å². The minimum absolute atomic E-state index is 0.0325. The maximum Gasteiger partial charge on any atom is 0.305 e. The van der Waals surface area contributed by atoms with Crippen LogP contribution in [0.15, 0.2) is 14.3 Å². The minimum Gasteiger partial charge on any atom is -0.481 e. The average molecular weight is 438 g/mol. The molecule has 0 saturated heterocycles. The van der Waals surface area contributed by atoms with E-state index in [2.05, 4.69) is 47.4 Å². The fraction of sp³-hybridized carbons (Fsp3) is 0.500. The predicted octanol–water partition coefficient (Wildman–Crippen LogP) is 3.99. The van der Waals surface area contributed by atoms with Gasteiger partial charge in [-0.25, -0.2) is 4.68 Å². The van der Waals surface area contributed by atoms with Crippen LogP contribution in [-0.4, -0.2) is 31.3 Å². The van der Waals surface area contributed by atoms with Gasteiger partial charge in [0.2, 0.25) is 0 Å². The van der Waals surface area contributed by atoms with E-state index in [0.717, 1.165) is 13.1 Å².